The fraction of sp³-hybridized carbons (Fsp3) is 0.667. The van der Waals surface area contributed by atoms with Gasteiger partial charge in [-0.3, -0.25) is 4.90 Å². The molecule has 0 radical (unpaired) electrons. The van der Waals surface area contributed by atoms with Crippen molar-refractivity contribution >= 4 is 0 Å². The van der Waals surface area contributed by atoms with E-state index < -0.39 is 6.10 Å². The van der Waals surface area contributed by atoms with Crippen molar-refractivity contribution in [2.75, 3.05) is 13.1 Å². The quantitative estimate of drug-likeness (QED) is 0.813. The molecule has 0 spiro atoms. The molecule has 0 aliphatic carbocycles. The first-order valence-electron chi connectivity index (χ1n) is 7.80. The monoisotopic (exact) mass is 277 g/mol. The third-order valence-electron chi connectivity index (χ3n) is 3.65. The van der Waals surface area contributed by atoms with Gasteiger partial charge in [-0.25, -0.2) is 0 Å². The average molecular weight is 277 g/mol. The van der Waals surface area contributed by atoms with Gasteiger partial charge in [0.25, 0.3) is 0 Å². The molecule has 2 heteroatoms. The van der Waals surface area contributed by atoms with Gasteiger partial charge >= 0.3 is 0 Å². The second-order valence-electron chi connectivity index (χ2n) is 6.84. The van der Waals surface area contributed by atoms with Crippen molar-refractivity contribution in [1.29, 1.82) is 0 Å². The summed E-state index contributed by atoms with van der Waals surface area (Å²) in [6, 6.07) is 8.36. The van der Waals surface area contributed by atoms with Crippen LogP contribution in [0, 0.1) is 18.8 Å². The molecule has 0 saturated carbocycles. The van der Waals surface area contributed by atoms with Crippen molar-refractivity contribution in [2.45, 2.75) is 53.7 Å². The van der Waals surface area contributed by atoms with Crippen LogP contribution in [0.1, 0.15) is 51.8 Å². The van der Waals surface area contributed by atoms with Crippen molar-refractivity contribution in [1.82, 2.24) is 4.90 Å². The Labute approximate surface area is 124 Å². The van der Waals surface area contributed by atoms with Crippen molar-refractivity contribution < 1.29 is 5.11 Å². The van der Waals surface area contributed by atoms with Gasteiger partial charge in [0.2, 0.25) is 0 Å². The van der Waals surface area contributed by atoms with Crippen LogP contribution in [0.4, 0.5) is 0 Å². The van der Waals surface area contributed by atoms with Crippen LogP contribution in [0.15, 0.2) is 24.3 Å². The molecule has 1 N–H and O–H groups in total. The Balaban J connectivity index is 2.81. The summed E-state index contributed by atoms with van der Waals surface area (Å²) in [6.07, 6.45) is -0.423. The predicted octanol–water partition coefficient (Wildman–Crippen LogP) is 4.03. The maximum atomic E-state index is 10.6. The standard InChI is InChI=1S/C18H31NO/c1-13(2)11-19(12-14(3)4)16(6)18(20)17-9-7-15(5)8-10-17/h7-10,13-14,16,18,20H,11-12H2,1-6H3. The molecule has 20 heavy (non-hydrogen) atoms. The molecule has 0 bridgehead atoms. The van der Waals surface area contributed by atoms with E-state index in [4.69, 9.17) is 0 Å². The summed E-state index contributed by atoms with van der Waals surface area (Å²) in [6.45, 7) is 15.2. The lowest BCUT2D eigenvalue weighted by Crippen LogP contribution is -2.42. The first-order chi connectivity index (χ1) is 9.31. The minimum Gasteiger partial charge on any atom is -0.387 e. The number of hydrogen-bond donors (Lipinski definition) is 1. The van der Waals surface area contributed by atoms with Gasteiger partial charge in [0.05, 0.1) is 6.10 Å². The number of rotatable bonds is 7. The van der Waals surface area contributed by atoms with Crippen molar-refractivity contribution in [3.63, 3.8) is 0 Å². The van der Waals surface area contributed by atoms with Gasteiger partial charge < -0.3 is 5.11 Å². The molecule has 2 nitrogen and oxygen atoms in total. The largest absolute Gasteiger partial charge is 0.387 e. The Morgan fingerprint density at radius 2 is 1.35 bits per heavy atom. The number of aryl methyl sites for hydroxylation is 1. The molecule has 114 valence electrons. The lowest BCUT2D eigenvalue weighted by molar-refractivity contribution is 0.0446. The molecule has 0 heterocycles. The predicted molar refractivity (Wildman–Crippen MR) is 86.8 cm³/mol. The highest BCUT2D eigenvalue weighted by atomic mass is 16.3. The van der Waals surface area contributed by atoms with Crippen LogP contribution in [-0.4, -0.2) is 29.1 Å². The first kappa shape index (κ1) is 17.2. The smallest absolute Gasteiger partial charge is 0.0942 e. The summed E-state index contributed by atoms with van der Waals surface area (Å²) < 4.78 is 0. The second kappa shape index (κ2) is 7.80. The Kier molecular flexibility index (Phi) is 6.70. The molecular weight excluding hydrogens is 246 g/mol. The van der Waals surface area contributed by atoms with Crippen LogP contribution in [0.5, 0.6) is 0 Å². The number of aliphatic hydroxyl groups excluding tert-OH is 1. The van der Waals surface area contributed by atoms with Crippen LogP contribution in [0.25, 0.3) is 0 Å². The van der Waals surface area contributed by atoms with E-state index in [1.165, 1.54) is 5.56 Å². The molecule has 2 unspecified atom stereocenters. The summed E-state index contributed by atoms with van der Waals surface area (Å²) in [5.74, 6) is 1.22. The van der Waals surface area contributed by atoms with Gasteiger partial charge in [-0.15, -0.1) is 0 Å². The number of benzene rings is 1. The maximum absolute atomic E-state index is 10.6. The van der Waals surface area contributed by atoms with E-state index in [0.29, 0.717) is 11.8 Å². The van der Waals surface area contributed by atoms with Gasteiger partial charge in [-0.1, -0.05) is 57.5 Å². The van der Waals surface area contributed by atoms with E-state index in [0.717, 1.165) is 18.7 Å². The van der Waals surface area contributed by atoms with Crippen LogP contribution in [0.2, 0.25) is 0 Å². The number of aliphatic hydroxyl groups is 1. The van der Waals surface area contributed by atoms with Crippen molar-refractivity contribution in [2.24, 2.45) is 11.8 Å². The fourth-order valence-electron chi connectivity index (χ4n) is 2.59. The van der Waals surface area contributed by atoms with E-state index in [1.807, 2.05) is 12.1 Å². The highest BCUT2D eigenvalue weighted by Gasteiger charge is 2.24. The molecule has 0 aliphatic heterocycles. The Morgan fingerprint density at radius 1 is 0.900 bits per heavy atom. The second-order valence-corrected chi connectivity index (χ2v) is 6.84. The average Bonchev–Trinajstić information content (AvgIpc) is 2.36. The molecular formula is C18H31NO. The van der Waals surface area contributed by atoms with E-state index in [-0.39, 0.29) is 6.04 Å². The number of hydrogen-bond acceptors (Lipinski definition) is 2. The summed E-state index contributed by atoms with van der Waals surface area (Å²) in [5.41, 5.74) is 2.25. The van der Waals surface area contributed by atoms with Gasteiger partial charge in [-0.05, 0) is 31.2 Å². The first-order valence-corrected chi connectivity index (χ1v) is 7.80. The third kappa shape index (κ3) is 5.26. The Hall–Kier alpha value is -0.860. The molecule has 0 aromatic heterocycles. The van der Waals surface area contributed by atoms with Crippen LogP contribution < -0.4 is 0 Å². The number of nitrogens with zero attached hydrogens (tertiary/aromatic N) is 1. The van der Waals surface area contributed by atoms with E-state index >= 15 is 0 Å². The van der Waals surface area contributed by atoms with Crippen LogP contribution in [0.3, 0.4) is 0 Å². The lowest BCUT2D eigenvalue weighted by atomic mass is 9.99. The highest BCUT2D eigenvalue weighted by molar-refractivity contribution is 5.24. The minimum absolute atomic E-state index is 0.141. The topological polar surface area (TPSA) is 23.5 Å². The molecule has 2 atom stereocenters. The molecule has 1 rings (SSSR count). The highest BCUT2D eigenvalue weighted by Crippen LogP contribution is 2.23. The zero-order valence-electron chi connectivity index (χ0n) is 13.9. The zero-order valence-corrected chi connectivity index (χ0v) is 13.9. The third-order valence-corrected chi connectivity index (χ3v) is 3.65. The van der Waals surface area contributed by atoms with Crippen molar-refractivity contribution in [3.8, 4) is 0 Å². The SMILES string of the molecule is Cc1ccc(C(O)C(C)N(CC(C)C)CC(C)C)cc1. The van der Waals surface area contributed by atoms with Gasteiger partial charge in [0, 0.05) is 19.1 Å². The Bertz CT molecular complexity index is 373. The maximum Gasteiger partial charge on any atom is 0.0942 e. The molecule has 0 aliphatic rings. The molecule has 0 amide bonds. The zero-order chi connectivity index (χ0) is 15.3. The molecule has 1 aromatic rings. The van der Waals surface area contributed by atoms with E-state index in [9.17, 15) is 5.11 Å². The molecule has 0 fully saturated rings. The Morgan fingerprint density at radius 3 is 1.75 bits per heavy atom. The summed E-state index contributed by atoms with van der Waals surface area (Å²) in [5, 5.41) is 10.6. The van der Waals surface area contributed by atoms with Crippen molar-refractivity contribution in [3.05, 3.63) is 35.4 Å². The van der Waals surface area contributed by atoms with Crippen LogP contribution in [-0.2, 0) is 0 Å². The van der Waals surface area contributed by atoms with Gasteiger partial charge in [0.15, 0.2) is 0 Å². The summed E-state index contributed by atoms with van der Waals surface area (Å²) in [4.78, 5) is 2.42. The van der Waals surface area contributed by atoms with Gasteiger partial charge in [0.1, 0.15) is 0 Å². The normalized spacial score (nSPS) is 15.1. The van der Waals surface area contributed by atoms with Crippen LogP contribution >= 0.6 is 0 Å². The molecule has 1 aromatic carbocycles. The van der Waals surface area contributed by atoms with E-state index in [2.05, 4.69) is 58.6 Å². The minimum atomic E-state index is -0.423. The summed E-state index contributed by atoms with van der Waals surface area (Å²) >= 11 is 0. The van der Waals surface area contributed by atoms with Gasteiger partial charge in [-0.2, -0.15) is 0 Å². The lowest BCUT2D eigenvalue weighted by Gasteiger charge is -2.35. The fourth-order valence-corrected chi connectivity index (χ4v) is 2.59. The molecule has 0 saturated heterocycles. The van der Waals surface area contributed by atoms with E-state index in [1.54, 1.807) is 0 Å². The summed E-state index contributed by atoms with van der Waals surface area (Å²) in [7, 11) is 0.